The molecule has 0 saturated carbocycles. The fourth-order valence-corrected chi connectivity index (χ4v) is 1.58. The molecule has 0 atom stereocenters. The number of aromatic amines is 2. The summed E-state index contributed by atoms with van der Waals surface area (Å²) in [4.78, 5) is 21.1. The van der Waals surface area contributed by atoms with E-state index in [0.29, 0.717) is 16.2 Å². The first-order chi connectivity index (χ1) is 7.72. The molecule has 0 aliphatic heterocycles. The van der Waals surface area contributed by atoms with E-state index >= 15 is 0 Å². The molecule has 82 valence electrons. The number of carbonyl (C=O) groups is 1. The lowest BCUT2D eigenvalue weighted by Crippen LogP contribution is -2.03. The zero-order valence-electron chi connectivity index (χ0n) is 8.48. The lowest BCUT2D eigenvalue weighted by molar-refractivity contribution is 0.0595. The van der Waals surface area contributed by atoms with Crippen LogP contribution in [0.2, 0.25) is 0 Å². The number of methoxy groups -OCH3 is 1. The molecule has 0 aliphatic carbocycles. The third-order valence-corrected chi connectivity index (χ3v) is 2.29. The summed E-state index contributed by atoms with van der Waals surface area (Å²) in [5, 5.41) is 0. The van der Waals surface area contributed by atoms with Crippen molar-refractivity contribution in [2.24, 2.45) is 0 Å². The van der Waals surface area contributed by atoms with Crippen LogP contribution in [0.5, 0.6) is 0 Å². The largest absolute Gasteiger partial charge is 0.464 e. The van der Waals surface area contributed by atoms with Gasteiger partial charge in [0, 0.05) is 18.0 Å². The van der Waals surface area contributed by atoms with Gasteiger partial charge in [-0.3, -0.25) is 4.98 Å². The molecule has 2 aromatic rings. The quantitative estimate of drug-likeness (QED) is 0.616. The van der Waals surface area contributed by atoms with Gasteiger partial charge in [-0.05, 0) is 24.4 Å². The van der Waals surface area contributed by atoms with Crippen molar-refractivity contribution in [2.45, 2.75) is 0 Å². The highest BCUT2D eigenvalue weighted by atomic mass is 32.1. The van der Waals surface area contributed by atoms with E-state index < -0.39 is 5.97 Å². The molecular weight excluding hydrogens is 226 g/mol. The zero-order valence-corrected chi connectivity index (χ0v) is 9.30. The summed E-state index contributed by atoms with van der Waals surface area (Å²) in [7, 11) is 1.32. The van der Waals surface area contributed by atoms with E-state index in [2.05, 4.69) is 19.7 Å². The molecule has 0 amide bonds. The summed E-state index contributed by atoms with van der Waals surface area (Å²) >= 11 is 4.95. The number of nitrogens with zero attached hydrogens (tertiary/aromatic N) is 1. The number of hydrogen-bond acceptors (Lipinski definition) is 4. The Balaban J connectivity index is 2.57. The van der Waals surface area contributed by atoms with Crippen molar-refractivity contribution in [2.75, 3.05) is 7.11 Å². The van der Waals surface area contributed by atoms with Crippen LogP contribution in [0.25, 0.3) is 11.3 Å². The number of aromatic nitrogens is 3. The van der Waals surface area contributed by atoms with Gasteiger partial charge in [-0.25, -0.2) is 4.79 Å². The first-order valence-corrected chi connectivity index (χ1v) is 4.94. The van der Waals surface area contributed by atoms with Gasteiger partial charge in [0.1, 0.15) is 0 Å². The summed E-state index contributed by atoms with van der Waals surface area (Å²) in [5.41, 5.74) is 1.75. The number of hydrogen-bond donors (Lipinski definition) is 2. The van der Waals surface area contributed by atoms with Crippen molar-refractivity contribution in [3.63, 3.8) is 0 Å². The van der Waals surface area contributed by atoms with Gasteiger partial charge < -0.3 is 14.7 Å². The van der Waals surface area contributed by atoms with Crippen molar-refractivity contribution in [3.05, 3.63) is 35.0 Å². The molecule has 2 rings (SSSR count). The minimum atomic E-state index is -0.459. The molecule has 0 aliphatic rings. The smallest absolute Gasteiger partial charge is 0.356 e. The Kier molecular flexibility index (Phi) is 2.82. The van der Waals surface area contributed by atoms with Crippen LogP contribution in [0, 0.1) is 4.77 Å². The van der Waals surface area contributed by atoms with Crippen LogP contribution >= 0.6 is 12.2 Å². The summed E-state index contributed by atoms with van der Waals surface area (Å²) in [6.07, 6.45) is 3.28. The van der Waals surface area contributed by atoms with E-state index in [1.54, 1.807) is 24.5 Å². The van der Waals surface area contributed by atoms with Crippen LogP contribution in [0.1, 0.15) is 10.5 Å². The highest BCUT2D eigenvalue weighted by Gasteiger charge is 2.15. The van der Waals surface area contributed by atoms with Crippen LogP contribution in [-0.2, 0) is 4.74 Å². The topological polar surface area (TPSA) is 70.8 Å². The molecule has 0 aromatic carbocycles. The Labute approximate surface area is 96.5 Å². The highest BCUT2D eigenvalue weighted by Crippen LogP contribution is 2.20. The number of imidazole rings is 1. The molecule has 5 nitrogen and oxygen atoms in total. The number of H-pyrrole nitrogens is 2. The maximum absolute atomic E-state index is 11.5. The van der Waals surface area contributed by atoms with E-state index in [4.69, 9.17) is 12.2 Å². The Bertz CT molecular complexity index is 559. The van der Waals surface area contributed by atoms with Crippen molar-refractivity contribution in [3.8, 4) is 11.3 Å². The average molecular weight is 235 g/mol. The normalized spacial score (nSPS) is 10.1. The summed E-state index contributed by atoms with van der Waals surface area (Å²) in [6, 6.07) is 3.56. The number of esters is 1. The number of ether oxygens (including phenoxy) is 1. The minimum Gasteiger partial charge on any atom is -0.464 e. The van der Waals surface area contributed by atoms with Crippen molar-refractivity contribution >= 4 is 18.2 Å². The van der Waals surface area contributed by atoms with Crippen LogP contribution in [0.15, 0.2) is 24.5 Å². The Morgan fingerprint density at radius 2 is 2.06 bits per heavy atom. The van der Waals surface area contributed by atoms with E-state index in [0.717, 1.165) is 5.56 Å². The summed E-state index contributed by atoms with van der Waals surface area (Å²) in [5.74, 6) is -0.459. The molecule has 6 heteroatoms. The highest BCUT2D eigenvalue weighted by molar-refractivity contribution is 7.71. The van der Waals surface area contributed by atoms with E-state index in [9.17, 15) is 4.79 Å². The molecule has 0 radical (unpaired) electrons. The maximum Gasteiger partial charge on any atom is 0.356 e. The van der Waals surface area contributed by atoms with Gasteiger partial charge in [-0.2, -0.15) is 0 Å². The molecule has 0 spiro atoms. The second kappa shape index (κ2) is 4.28. The number of rotatable bonds is 2. The van der Waals surface area contributed by atoms with Crippen LogP contribution in [0.4, 0.5) is 0 Å². The Hall–Kier alpha value is -1.95. The first kappa shape index (κ1) is 10.6. The molecule has 0 bridgehead atoms. The van der Waals surface area contributed by atoms with Gasteiger partial charge in [0.25, 0.3) is 0 Å². The molecule has 0 unspecified atom stereocenters. The predicted molar refractivity (Wildman–Crippen MR) is 60.5 cm³/mol. The molecule has 16 heavy (non-hydrogen) atoms. The molecule has 0 saturated heterocycles. The fraction of sp³-hybridized carbons (Fsp3) is 0.100. The van der Waals surface area contributed by atoms with Crippen molar-refractivity contribution in [1.29, 1.82) is 0 Å². The van der Waals surface area contributed by atoms with E-state index in [1.165, 1.54) is 7.11 Å². The molecular formula is C10H9N3O2S. The van der Waals surface area contributed by atoms with Crippen molar-refractivity contribution < 1.29 is 9.53 Å². The predicted octanol–water partition coefficient (Wildman–Crippen LogP) is 1.92. The van der Waals surface area contributed by atoms with Gasteiger partial charge >= 0.3 is 5.97 Å². The van der Waals surface area contributed by atoms with Crippen LogP contribution in [0.3, 0.4) is 0 Å². The summed E-state index contributed by atoms with van der Waals surface area (Å²) < 4.78 is 5.04. The van der Waals surface area contributed by atoms with Gasteiger partial charge in [-0.1, -0.05) is 0 Å². The maximum atomic E-state index is 11.5. The van der Waals surface area contributed by atoms with Gasteiger partial charge in [0.2, 0.25) is 0 Å². The Morgan fingerprint density at radius 1 is 1.38 bits per heavy atom. The second-order valence-corrected chi connectivity index (χ2v) is 3.46. The molecule has 2 N–H and O–H groups in total. The standard InChI is InChI=1S/C10H9N3O2S/c1-15-9(14)8-7(12-10(16)13-8)6-2-4-11-5-3-6/h2-5H,1H3,(H2,12,13,16). The monoisotopic (exact) mass is 235 g/mol. The Morgan fingerprint density at radius 3 is 2.69 bits per heavy atom. The SMILES string of the molecule is COC(=O)c1[nH]c(=S)[nH]c1-c1ccncc1. The van der Waals surface area contributed by atoms with Crippen molar-refractivity contribution in [1.82, 2.24) is 15.0 Å². The number of carbonyl (C=O) groups excluding carboxylic acids is 1. The van der Waals surface area contributed by atoms with Gasteiger partial charge in [0.05, 0.1) is 12.8 Å². The number of nitrogens with one attached hydrogen (secondary N) is 2. The average Bonchev–Trinajstić information content (AvgIpc) is 2.71. The number of pyridine rings is 1. The van der Waals surface area contributed by atoms with E-state index in [1.807, 2.05) is 0 Å². The van der Waals surface area contributed by atoms with Crippen LogP contribution < -0.4 is 0 Å². The fourth-order valence-electron chi connectivity index (χ4n) is 1.37. The minimum absolute atomic E-state index is 0.318. The summed E-state index contributed by atoms with van der Waals surface area (Å²) in [6.45, 7) is 0. The first-order valence-electron chi connectivity index (χ1n) is 4.53. The third-order valence-electron chi connectivity index (χ3n) is 2.09. The molecule has 0 fully saturated rings. The van der Waals surface area contributed by atoms with Crippen LogP contribution in [-0.4, -0.2) is 28.0 Å². The van der Waals surface area contributed by atoms with E-state index in [-0.39, 0.29) is 0 Å². The van der Waals surface area contributed by atoms with Gasteiger partial charge in [0.15, 0.2) is 10.5 Å². The lowest BCUT2D eigenvalue weighted by Gasteiger charge is -2.00. The second-order valence-electron chi connectivity index (χ2n) is 3.06. The third kappa shape index (κ3) is 1.87. The molecule has 2 aromatic heterocycles. The zero-order chi connectivity index (χ0) is 11.5. The molecule has 2 heterocycles. The lowest BCUT2D eigenvalue weighted by atomic mass is 10.1. The van der Waals surface area contributed by atoms with Gasteiger partial charge in [-0.15, -0.1) is 0 Å².